The number of methoxy groups -OCH3 is 1. The van der Waals surface area contributed by atoms with Gasteiger partial charge in [0.15, 0.2) is 0 Å². The number of benzene rings is 2. The van der Waals surface area contributed by atoms with Gasteiger partial charge >= 0.3 is 0 Å². The Morgan fingerprint density at radius 2 is 1.85 bits per heavy atom. The summed E-state index contributed by atoms with van der Waals surface area (Å²) < 4.78 is 6.32. The van der Waals surface area contributed by atoms with Crippen LogP contribution in [0.5, 0.6) is 5.75 Å². The molecule has 0 spiro atoms. The second-order valence-corrected chi connectivity index (χ2v) is 5.91. The predicted molar refractivity (Wildman–Crippen MR) is 101 cm³/mol. The number of halogens is 1. The Labute approximate surface area is 155 Å². The molecule has 0 aliphatic carbocycles. The van der Waals surface area contributed by atoms with E-state index in [9.17, 15) is 9.59 Å². The van der Waals surface area contributed by atoms with E-state index in [1.165, 1.54) is 13.2 Å². The SMILES string of the molecule is COc1ccccc1NC(=O)Cn1nc(-c2ccc(Cl)cc2)ccc1=O. The van der Waals surface area contributed by atoms with Crippen LogP contribution < -0.4 is 15.6 Å². The van der Waals surface area contributed by atoms with Crippen LogP contribution in [0.1, 0.15) is 0 Å². The number of amides is 1. The summed E-state index contributed by atoms with van der Waals surface area (Å²) in [6, 6.07) is 17.1. The molecule has 7 heteroatoms. The highest BCUT2D eigenvalue weighted by atomic mass is 35.5. The number of nitrogens with zero attached hydrogens (tertiary/aromatic N) is 2. The van der Waals surface area contributed by atoms with Crippen molar-refractivity contribution in [1.82, 2.24) is 9.78 Å². The number of ether oxygens (including phenoxy) is 1. The van der Waals surface area contributed by atoms with Gasteiger partial charge in [-0.3, -0.25) is 9.59 Å². The molecule has 3 aromatic rings. The summed E-state index contributed by atoms with van der Waals surface area (Å²) in [6.07, 6.45) is 0. The van der Waals surface area contributed by atoms with Crippen LogP contribution in [-0.2, 0) is 11.3 Å². The molecule has 2 aromatic carbocycles. The predicted octanol–water partition coefficient (Wildman–Crippen LogP) is 3.21. The van der Waals surface area contributed by atoms with Gasteiger partial charge in [-0.1, -0.05) is 35.9 Å². The van der Waals surface area contributed by atoms with Gasteiger partial charge in [0, 0.05) is 16.7 Å². The fourth-order valence-electron chi connectivity index (χ4n) is 2.41. The molecule has 0 radical (unpaired) electrons. The number of nitrogens with one attached hydrogen (secondary N) is 1. The first-order valence-corrected chi connectivity index (χ1v) is 8.21. The zero-order valence-electron chi connectivity index (χ0n) is 14.0. The van der Waals surface area contributed by atoms with E-state index in [1.807, 2.05) is 0 Å². The first kappa shape index (κ1) is 17.7. The van der Waals surface area contributed by atoms with Crippen molar-refractivity contribution in [2.75, 3.05) is 12.4 Å². The monoisotopic (exact) mass is 369 g/mol. The molecular formula is C19H16ClN3O3. The van der Waals surface area contributed by atoms with Gasteiger partial charge < -0.3 is 10.1 Å². The lowest BCUT2D eigenvalue weighted by Crippen LogP contribution is -2.29. The summed E-state index contributed by atoms with van der Waals surface area (Å²) >= 11 is 5.89. The lowest BCUT2D eigenvalue weighted by molar-refractivity contribution is -0.117. The third-order valence-corrected chi connectivity index (χ3v) is 3.93. The molecule has 6 nitrogen and oxygen atoms in total. The van der Waals surface area contributed by atoms with Crippen molar-refractivity contribution in [2.24, 2.45) is 0 Å². The van der Waals surface area contributed by atoms with Crippen molar-refractivity contribution in [2.45, 2.75) is 6.54 Å². The van der Waals surface area contributed by atoms with Gasteiger partial charge in [0.25, 0.3) is 5.56 Å². The summed E-state index contributed by atoms with van der Waals surface area (Å²) in [5.74, 6) is 0.161. The number of anilines is 1. The number of aromatic nitrogens is 2. The smallest absolute Gasteiger partial charge is 0.267 e. The van der Waals surface area contributed by atoms with Crippen LogP contribution >= 0.6 is 11.6 Å². The van der Waals surface area contributed by atoms with E-state index in [0.717, 1.165) is 10.2 Å². The fraction of sp³-hybridized carbons (Fsp3) is 0.105. The molecule has 0 aliphatic rings. The molecule has 0 saturated heterocycles. The molecule has 0 aliphatic heterocycles. The van der Waals surface area contributed by atoms with Gasteiger partial charge in [0.05, 0.1) is 18.5 Å². The average Bonchev–Trinajstić information content (AvgIpc) is 2.64. The van der Waals surface area contributed by atoms with Crippen LogP contribution in [0.2, 0.25) is 5.02 Å². The number of rotatable bonds is 5. The van der Waals surface area contributed by atoms with E-state index in [1.54, 1.807) is 54.6 Å². The molecule has 0 unspecified atom stereocenters. The molecule has 26 heavy (non-hydrogen) atoms. The summed E-state index contributed by atoms with van der Waals surface area (Å²) in [5.41, 5.74) is 1.54. The van der Waals surface area contributed by atoms with E-state index >= 15 is 0 Å². The molecule has 3 rings (SSSR count). The van der Waals surface area contributed by atoms with E-state index in [2.05, 4.69) is 10.4 Å². The van der Waals surface area contributed by atoms with Crippen LogP contribution in [0.15, 0.2) is 65.5 Å². The van der Waals surface area contributed by atoms with Gasteiger partial charge in [0.1, 0.15) is 12.3 Å². The minimum atomic E-state index is -0.377. The van der Waals surface area contributed by atoms with E-state index in [4.69, 9.17) is 16.3 Å². The van der Waals surface area contributed by atoms with Crippen molar-refractivity contribution in [3.05, 3.63) is 76.0 Å². The molecule has 0 bridgehead atoms. The maximum atomic E-state index is 12.3. The van der Waals surface area contributed by atoms with Crippen molar-refractivity contribution >= 4 is 23.2 Å². The minimum Gasteiger partial charge on any atom is -0.495 e. The zero-order valence-corrected chi connectivity index (χ0v) is 14.7. The quantitative estimate of drug-likeness (QED) is 0.749. The van der Waals surface area contributed by atoms with Crippen LogP contribution in [0.4, 0.5) is 5.69 Å². The topological polar surface area (TPSA) is 73.2 Å². The molecule has 132 valence electrons. The fourth-order valence-corrected chi connectivity index (χ4v) is 2.54. The molecule has 1 aromatic heterocycles. The second kappa shape index (κ2) is 7.84. The summed E-state index contributed by atoms with van der Waals surface area (Å²) in [5, 5.41) is 7.60. The molecule has 0 atom stereocenters. The Kier molecular flexibility index (Phi) is 5.34. The summed E-state index contributed by atoms with van der Waals surface area (Å²) in [4.78, 5) is 24.4. The standard InChI is InChI=1S/C19H16ClN3O3/c1-26-17-5-3-2-4-16(17)21-18(24)12-23-19(25)11-10-15(22-23)13-6-8-14(20)9-7-13/h2-11H,12H2,1H3,(H,21,24). The van der Waals surface area contributed by atoms with E-state index < -0.39 is 0 Å². The average molecular weight is 370 g/mol. The molecule has 1 heterocycles. The van der Waals surface area contributed by atoms with Gasteiger partial charge in [-0.25, -0.2) is 4.68 Å². The minimum absolute atomic E-state index is 0.210. The normalized spacial score (nSPS) is 10.4. The lowest BCUT2D eigenvalue weighted by atomic mass is 10.1. The van der Waals surface area contributed by atoms with E-state index in [-0.39, 0.29) is 18.0 Å². The highest BCUT2D eigenvalue weighted by Crippen LogP contribution is 2.23. The Bertz CT molecular complexity index is 984. The Morgan fingerprint density at radius 1 is 1.12 bits per heavy atom. The Morgan fingerprint density at radius 3 is 2.58 bits per heavy atom. The van der Waals surface area contributed by atoms with Crippen LogP contribution in [-0.4, -0.2) is 22.8 Å². The van der Waals surface area contributed by atoms with Crippen molar-refractivity contribution in [3.8, 4) is 17.0 Å². The first-order chi connectivity index (χ1) is 12.6. The van der Waals surface area contributed by atoms with Gasteiger partial charge in [-0.2, -0.15) is 5.10 Å². The summed E-state index contributed by atoms with van der Waals surface area (Å²) in [6.45, 7) is -0.210. The molecule has 0 saturated carbocycles. The van der Waals surface area contributed by atoms with Crippen LogP contribution in [0.3, 0.4) is 0 Å². The second-order valence-electron chi connectivity index (χ2n) is 5.47. The van der Waals surface area contributed by atoms with Gasteiger partial charge in [-0.15, -0.1) is 0 Å². The lowest BCUT2D eigenvalue weighted by Gasteiger charge is -2.11. The molecule has 0 fully saturated rings. The van der Waals surface area contributed by atoms with Crippen LogP contribution in [0, 0.1) is 0 Å². The Hall–Kier alpha value is -3.12. The maximum absolute atomic E-state index is 12.3. The third-order valence-electron chi connectivity index (χ3n) is 3.68. The van der Waals surface area contributed by atoms with Crippen molar-refractivity contribution in [1.29, 1.82) is 0 Å². The van der Waals surface area contributed by atoms with Gasteiger partial charge in [0.2, 0.25) is 5.91 Å². The molecule has 1 N–H and O–H groups in total. The Balaban J connectivity index is 1.81. The van der Waals surface area contributed by atoms with Crippen LogP contribution in [0.25, 0.3) is 11.3 Å². The molecular weight excluding hydrogens is 354 g/mol. The highest BCUT2D eigenvalue weighted by molar-refractivity contribution is 6.30. The van der Waals surface area contributed by atoms with Crippen molar-refractivity contribution in [3.63, 3.8) is 0 Å². The summed E-state index contributed by atoms with van der Waals surface area (Å²) in [7, 11) is 1.52. The number of carbonyl (C=O) groups is 1. The third kappa shape index (κ3) is 4.10. The number of para-hydroxylation sites is 2. The number of hydrogen-bond donors (Lipinski definition) is 1. The largest absolute Gasteiger partial charge is 0.495 e. The number of hydrogen-bond acceptors (Lipinski definition) is 4. The van der Waals surface area contributed by atoms with Gasteiger partial charge in [-0.05, 0) is 30.3 Å². The first-order valence-electron chi connectivity index (χ1n) is 7.84. The van der Waals surface area contributed by atoms with Crippen molar-refractivity contribution < 1.29 is 9.53 Å². The number of carbonyl (C=O) groups excluding carboxylic acids is 1. The molecule has 1 amide bonds. The highest BCUT2D eigenvalue weighted by Gasteiger charge is 2.10. The van der Waals surface area contributed by atoms with E-state index in [0.29, 0.717) is 22.2 Å². The zero-order chi connectivity index (χ0) is 18.5. The maximum Gasteiger partial charge on any atom is 0.267 e.